The second kappa shape index (κ2) is 5.99. The number of amides is 1. The van der Waals surface area contributed by atoms with Gasteiger partial charge in [0.1, 0.15) is 10.7 Å². The molecule has 2 heterocycles. The molecule has 1 aliphatic rings. The number of nitrogens with zero attached hydrogens (tertiary/aromatic N) is 2. The molecule has 0 atom stereocenters. The number of piperidine rings is 1. The van der Waals surface area contributed by atoms with E-state index in [-0.39, 0.29) is 5.91 Å². The van der Waals surface area contributed by atoms with E-state index in [2.05, 4.69) is 24.1 Å². The van der Waals surface area contributed by atoms with Crippen LogP contribution in [0.5, 0.6) is 0 Å². The number of hydrogen-bond donors (Lipinski definition) is 2. The number of nitrogen functional groups attached to an aromatic ring is 1. The summed E-state index contributed by atoms with van der Waals surface area (Å²) in [4.78, 5) is 19.2. The van der Waals surface area contributed by atoms with Crippen LogP contribution in [0.3, 0.4) is 0 Å². The Morgan fingerprint density at radius 1 is 1.45 bits per heavy atom. The molecular formula is C14H24N4OS. The fourth-order valence-electron chi connectivity index (χ4n) is 2.46. The van der Waals surface area contributed by atoms with Gasteiger partial charge in [-0.05, 0) is 25.2 Å². The van der Waals surface area contributed by atoms with Gasteiger partial charge in [0.25, 0.3) is 5.91 Å². The van der Waals surface area contributed by atoms with Crippen molar-refractivity contribution in [3.63, 3.8) is 0 Å². The topological polar surface area (TPSA) is 71.2 Å². The van der Waals surface area contributed by atoms with Crippen LogP contribution in [-0.2, 0) is 0 Å². The van der Waals surface area contributed by atoms with Crippen molar-refractivity contribution in [1.82, 2.24) is 9.88 Å². The molecule has 1 fully saturated rings. The van der Waals surface area contributed by atoms with Gasteiger partial charge in [0.05, 0.1) is 0 Å². The highest BCUT2D eigenvalue weighted by Crippen LogP contribution is 2.35. The van der Waals surface area contributed by atoms with E-state index in [0.29, 0.717) is 16.1 Å². The van der Waals surface area contributed by atoms with Gasteiger partial charge in [-0.3, -0.25) is 4.79 Å². The van der Waals surface area contributed by atoms with Gasteiger partial charge in [-0.15, -0.1) is 0 Å². The normalized spacial score (nSPS) is 18.1. The lowest BCUT2D eigenvalue weighted by Gasteiger charge is -2.38. The van der Waals surface area contributed by atoms with Crippen LogP contribution in [0.2, 0.25) is 0 Å². The molecule has 20 heavy (non-hydrogen) atoms. The third-order valence-corrected chi connectivity index (χ3v) is 5.30. The van der Waals surface area contributed by atoms with E-state index in [1.165, 1.54) is 17.8 Å². The van der Waals surface area contributed by atoms with Gasteiger partial charge >= 0.3 is 0 Å². The fourth-order valence-corrected chi connectivity index (χ4v) is 3.38. The smallest absolute Gasteiger partial charge is 0.267 e. The molecule has 1 aromatic rings. The molecule has 5 nitrogen and oxygen atoms in total. The molecule has 2 rings (SSSR count). The highest BCUT2D eigenvalue weighted by molar-refractivity contribution is 7.18. The van der Waals surface area contributed by atoms with Crippen LogP contribution >= 0.6 is 11.3 Å². The SMILES string of the molecule is CCNc1nc(N)c(C(=O)N2CCC(C)(CC)CC2)s1. The molecule has 0 spiro atoms. The fraction of sp³-hybridized carbons (Fsp3) is 0.714. The maximum absolute atomic E-state index is 12.5. The van der Waals surface area contributed by atoms with Crippen LogP contribution in [0, 0.1) is 5.41 Å². The van der Waals surface area contributed by atoms with Crippen LogP contribution in [-0.4, -0.2) is 35.4 Å². The molecule has 1 amide bonds. The number of nitrogens with two attached hydrogens (primary N) is 1. The molecule has 1 saturated heterocycles. The van der Waals surface area contributed by atoms with E-state index in [9.17, 15) is 4.79 Å². The number of rotatable bonds is 4. The Morgan fingerprint density at radius 2 is 2.10 bits per heavy atom. The Hall–Kier alpha value is -1.30. The summed E-state index contributed by atoms with van der Waals surface area (Å²) < 4.78 is 0. The lowest BCUT2D eigenvalue weighted by molar-refractivity contribution is 0.0606. The van der Waals surface area contributed by atoms with Gasteiger partial charge in [0.15, 0.2) is 5.13 Å². The third-order valence-electron chi connectivity index (χ3n) is 4.29. The van der Waals surface area contributed by atoms with E-state index in [1.807, 2.05) is 11.8 Å². The zero-order valence-electron chi connectivity index (χ0n) is 12.5. The monoisotopic (exact) mass is 296 g/mol. The Morgan fingerprint density at radius 3 is 2.65 bits per heavy atom. The molecule has 0 radical (unpaired) electrons. The molecule has 0 aliphatic carbocycles. The van der Waals surface area contributed by atoms with Crippen LogP contribution < -0.4 is 11.1 Å². The average Bonchev–Trinajstić information content (AvgIpc) is 2.80. The van der Waals surface area contributed by atoms with Gasteiger partial charge in [0, 0.05) is 19.6 Å². The molecular weight excluding hydrogens is 272 g/mol. The van der Waals surface area contributed by atoms with E-state index < -0.39 is 0 Å². The first-order valence-corrected chi connectivity index (χ1v) is 8.10. The number of nitrogens with one attached hydrogen (secondary N) is 1. The van der Waals surface area contributed by atoms with Crippen molar-refractivity contribution in [2.24, 2.45) is 5.41 Å². The lowest BCUT2D eigenvalue weighted by Crippen LogP contribution is -2.41. The Labute approximate surface area is 124 Å². The zero-order chi connectivity index (χ0) is 14.8. The second-order valence-electron chi connectivity index (χ2n) is 5.72. The summed E-state index contributed by atoms with van der Waals surface area (Å²) in [6.45, 7) is 8.93. The average molecular weight is 296 g/mol. The lowest BCUT2D eigenvalue weighted by atomic mass is 9.78. The van der Waals surface area contributed by atoms with Gasteiger partial charge in [-0.2, -0.15) is 0 Å². The van der Waals surface area contributed by atoms with Crippen LogP contribution in [0.4, 0.5) is 10.9 Å². The molecule has 0 bridgehead atoms. The number of carbonyl (C=O) groups is 1. The molecule has 3 N–H and O–H groups in total. The van der Waals surface area contributed by atoms with E-state index in [4.69, 9.17) is 5.73 Å². The Kier molecular flexibility index (Phi) is 4.52. The minimum atomic E-state index is 0.0299. The van der Waals surface area contributed by atoms with E-state index in [1.54, 1.807) is 0 Å². The summed E-state index contributed by atoms with van der Waals surface area (Å²) in [6, 6.07) is 0. The van der Waals surface area contributed by atoms with Crippen molar-refractivity contribution in [3.8, 4) is 0 Å². The largest absolute Gasteiger partial charge is 0.382 e. The summed E-state index contributed by atoms with van der Waals surface area (Å²) in [6.07, 6.45) is 3.30. The third kappa shape index (κ3) is 3.06. The number of carbonyl (C=O) groups excluding carboxylic acids is 1. The van der Waals surface area contributed by atoms with Crippen molar-refractivity contribution in [2.75, 3.05) is 30.7 Å². The Balaban J connectivity index is 2.05. The highest BCUT2D eigenvalue weighted by atomic mass is 32.1. The number of aromatic nitrogens is 1. The highest BCUT2D eigenvalue weighted by Gasteiger charge is 2.32. The zero-order valence-corrected chi connectivity index (χ0v) is 13.3. The van der Waals surface area contributed by atoms with Crippen molar-refractivity contribution in [2.45, 2.75) is 40.0 Å². The molecule has 0 aromatic carbocycles. The maximum Gasteiger partial charge on any atom is 0.267 e. The van der Waals surface area contributed by atoms with Gasteiger partial charge in [-0.25, -0.2) is 4.98 Å². The molecule has 0 saturated carbocycles. The van der Waals surface area contributed by atoms with Gasteiger partial charge in [0.2, 0.25) is 0 Å². The summed E-state index contributed by atoms with van der Waals surface area (Å²) in [5.74, 6) is 0.377. The molecule has 6 heteroatoms. The van der Waals surface area contributed by atoms with Crippen LogP contribution in [0.25, 0.3) is 0 Å². The molecule has 0 unspecified atom stereocenters. The molecule has 112 valence electrons. The standard InChI is InChI=1S/C14H24N4OS/c1-4-14(3)6-8-18(9-7-14)12(19)10-11(15)17-13(20-10)16-5-2/h4-9,15H2,1-3H3,(H,16,17). The minimum Gasteiger partial charge on any atom is -0.382 e. The summed E-state index contributed by atoms with van der Waals surface area (Å²) in [5.41, 5.74) is 6.25. The quantitative estimate of drug-likeness (QED) is 0.896. The van der Waals surface area contributed by atoms with Gasteiger partial charge < -0.3 is 16.0 Å². The van der Waals surface area contributed by atoms with Crippen molar-refractivity contribution in [3.05, 3.63) is 4.88 Å². The van der Waals surface area contributed by atoms with Crippen molar-refractivity contribution < 1.29 is 4.79 Å². The predicted molar refractivity (Wildman–Crippen MR) is 84.2 cm³/mol. The minimum absolute atomic E-state index is 0.0299. The number of thiazole rings is 1. The first-order chi connectivity index (χ1) is 9.49. The summed E-state index contributed by atoms with van der Waals surface area (Å²) in [7, 11) is 0. The van der Waals surface area contributed by atoms with E-state index in [0.717, 1.165) is 37.6 Å². The van der Waals surface area contributed by atoms with Crippen molar-refractivity contribution >= 4 is 28.2 Å². The Bertz CT molecular complexity index is 478. The molecule has 1 aliphatic heterocycles. The summed E-state index contributed by atoms with van der Waals surface area (Å²) >= 11 is 1.35. The predicted octanol–water partition coefficient (Wildman–Crippen LogP) is 2.81. The molecule has 1 aromatic heterocycles. The second-order valence-corrected chi connectivity index (χ2v) is 6.72. The van der Waals surface area contributed by atoms with Crippen molar-refractivity contribution in [1.29, 1.82) is 0 Å². The number of likely N-dealkylation sites (tertiary alicyclic amines) is 1. The maximum atomic E-state index is 12.5. The number of anilines is 2. The van der Waals surface area contributed by atoms with Crippen LogP contribution in [0.1, 0.15) is 49.7 Å². The first-order valence-electron chi connectivity index (χ1n) is 7.28. The van der Waals surface area contributed by atoms with Crippen LogP contribution in [0.15, 0.2) is 0 Å². The summed E-state index contributed by atoms with van der Waals surface area (Å²) in [5, 5.41) is 3.83. The van der Waals surface area contributed by atoms with E-state index >= 15 is 0 Å². The first kappa shape index (κ1) is 15.1. The van der Waals surface area contributed by atoms with Gasteiger partial charge in [-0.1, -0.05) is 31.6 Å². The number of hydrogen-bond acceptors (Lipinski definition) is 5.